The van der Waals surface area contributed by atoms with E-state index in [0.717, 1.165) is 5.32 Å². The molecule has 0 aliphatic heterocycles. The molecule has 0 unspecified atom stereocenters. The van der Waals surface area contributed by atoms with Gasteiger partial charge in [0, 0.05) is 0 Å². The summed E-state index contributed by atoms with van der Waals surface area (Å²) in [5, 5.41) is 9.34. The summed E-state index contributed by atoms with van der Waals surface area (Å²) in [5.41, 5.74) is 0. The number of thiophene rings is 1. The van der Waals surface area contributed by atoms with Crippen LogP contribution in [0.1, 0.15) is 0 Å². The van der Waals surface area contributed by atoms with Gasteiger partial charge in [-0.1, -0.05) is 0 Å². The molecule has 0 aliphatic carbocycles. The number of hydrogen-bond acceptors (Lipinski definition) is 2. The Morgan fingerprint density at radius 3 is 2.75 bits per heavy atom. The summed E-state index contributed by atoms with van der Waals surface area (Å²) in [6.07, 6.45) is 1.92. The SMILES string of the molecule is C=C[CH2][Cu][c]1cccs1.[C-]#N.[Li+]. The maximum absolute atomic E-state index is 6.25. The molecule has 1 rings (SSSR count). The summed E-state index contributed by atoms with van der Waals surface area (Å²) in [6.45, 7) is 8.39. The van der Waals surface area contributed by atoms with Crippen molar-refractivity contribution >= 4 is 15.1 Å². The molecule has 0 fully saturated rings. The van der Waals surface area contributed by atoms with Crippen molar-refractivity contribution in [2.45, 2.75) is 5.32 Å². The zero-order valence-electron chi connectivity index (χ0n) is 6.88. The molecule has 63 valence electrons. The van der Waals surface area contributed by atoms with Crippen molar-refractivity contribution in [3.8, 4) is 0 Å². The molecular formula is C8H8CuLiNS. The van der Waals surface area contributed by atoms with Crippen LogP contribution in [-0.4, -0.2) is 0 Å². The fourth-order valence-electron chi connectivity index (χ4n) is 0.411. The fourth-order valence-corrected chi connectivity index (χ4v) is 2.06. The van der Waals surface area contributed by atoms with Gasteiger partial charge in [-0.2, -0.15) is 0 Å². The monoisotopic (exact) mass is 220 g/mol. The Bertz CT molecular complexity index is 208. The number of hydrogen-bond donors (Lipinski definition) is 0. The van der Waals surface area contributed by atoms with Crippen LogP contribution in [-0.2, 0) is 15.0 Å². The van der Waals surface area contributed by atoms with Crippen molar-refractivity contribution in [2.75, 3.05) is 0 Å². The van der Waals surface area contributed by atoms with E-state index in [-0.39, 0.29) is 18.9 Å². The third kappa shape index (κ3) is 6.74. The fraction of sp³-hybridized carbons (Fsp3) is 0.125. The van der Waals surface area contributed by atoms with Crippen LogP contribution in [0.4, 0.5) is 0 Å². The van der Waals surface area contributed by atoms with Crippen LogP contribution in [0.5, 0.6) is 0 Å². The molecule has 4 heteroatoms. The summed E-state index contributed by atoms with van der Waals surface area (Å²) >= 11 is 3.69. The van der Waals surface area contributed by atoms with Gasteiger partial charge in [0.1, 0.15) is 0 Å². The Labute approximate surface area is 95.8 Å². The van der Waals surface area contributed by atoms with E-state index in [4.69, 9.17) is 11.8 Å². The van der Waals surface area contributed by atoms with Gasteiger partial charge in [0.2, 0.25) is 0 Å². The van der Waals surface area contributed by atoms with Crippen LogP contribution in [0.3, 0.4) is 0 Å². The van der Waals surface area contributed by atoms with Crippen molar-refractivity contribution in [3.05, 3.63) is 36.7 Å². The predicted octanol–water partition coefficient (Wildman–Crippen LogP) is -0.839. The first-order chi connectivity index (χ1) is 5.43. The minimum Gasteiger partial charge on any atom is -0.512 e. The van der Waals surface area contributed by atoms with Crippen LogP contribution < -0.4 is 22.6 Å². The molecule has 0 atom stereocenters. The van der Waals surface area contributed by atoms with Gasteiger partial charge in [-0.15, -0.1) is 0 Å². The quantitative estimate of drug-likeness (QED) is 0.370. The minimum absolute atomic E-state index is 0. The zero-order chi connectivity index (χ0) is 8.53. The molecule has 0 aliphatic rings. The first-order valence-corrected chi connectivity index (χ1v) is 4.82. The zero-order valence-corrected chi connectivity index (χ0v) is 8.64. The molecule has 1 aromatic heterocycles. The maximum Gasteiger partial charge on any atom is 1.00 e. The predicted molar refractivity (Wildman–Crippen MR) is 43.9 cm³/mol. The Kier molecular flexibility index (Phi) is 13.4. The molecule has 1 heterocycles. The van der Waals surface area contributed by atoms with E-state index < -0.39 is 0 Å². The minimum atomic E-state index is 0. The van der Waals surface area contributed by atoms with Crippen LogP contribution in [0.15, 0.2) is 30.2 Å². The van der Waals surface area contributed by atoms with E-state index >= 15 is 0 Å². The van der Waals surface area contributed by atoms with Crippen molar-refractivity contribution in [3.63, 3.8) is 0 Å². The summed E-state index contributed by atoms with van der Waals surface area (Å²) < 4.78 is 1.36. The van der Waals surface area contributed by atoms with Crippen LogP contribution >= 0.6 is 11.3 Å². The third-order valence-electron chi connectivity index (χ3n) is 0.718. The first kappa shape index (κ1) is 14.6. The van der Waals surface area contributed by atoms with E-state index in [1.54, 1.807) is 11.3 Å². The number of rotatable bonds is 3. The molecule has 0 radical (unpaired) electrons. The largest absolute Gasteiger partial charge is 1.00 e. The Morgan fingerprint density at radius 2 is 2.33 bits per heavy atom. The van der Waals surface area contributed by atoms with Gasteiger partial charge < -0.3 is 11.8 Å². The second-order valence-electron chi connectivity index (χ2n) is 1.40. The van der Waals surface area contributed by atoms with Crippen molar-refractivity contribution in [1.29, 1.82) is 5.26 Å². The normalized spacial score (nSPS) is 7.50. The summed E-state index contributed by atoms with van der Waals surface area (Å²) in [5.74, 6) is 0. The maximum atomic E-state index is 6.25. The number of nitrogens with zero attached hydrogens (tertiary/aromatic N) is 1. The Morgan fingerprint density at radius 1 is 1.67 bits per heavy atom. The van der Waals surface area contributed by atoms with Gasteiger partial charge in [0.05, 0.1) is 0 Å². The molecule has 0 saturated carbocycles. The van der Waals surface area contributed by atoms with Gasteiger partial charge in [-0.3, -0.25) is 0 Å². The van der Waals surface area contributed by atoms with Crippen LogP contribution in [0, 0.1) is 11.8 Å². The summed E-state index contributed by atoms with van der Waals surface area (Å²) in [6, 6.07) is 4.18. The molecule has 1 nitrogen and oxygen atoms in total. The molecule has 0 N–H and O–H groups in total. The van der Waals surface area contributed by atoms with Crippen molar-refractivity contribution in [2.24, 2.45) is 0 Å². The van der Waals surface area contributed by atoms with Crippen molar-refractivity contribution < 1.29 is 33.8 Å². The van der Waals surface area contributed by atoms with E-state index in [9.17, 15) is 0 Å². The molecule has 0 saturated heterocycles. The average Bonchev–Trinajstić information content (AvgIpc) is 2.57. The average molecular weight is 221 g/mol. The van der Waals surface area contributed by atoms with Gasteiger partial charge in [0.25, 0.3) is 0 Å². The second-order valence-corrected chi connectivity index (χ2v) is 3.83. The van der Waals surface area contributed by atoms with E-state index in [2.05, 4.69) is 24.1 Å². The van der Waals surface area contributed by atoms with E-state index in [0.29, 0.717) is 0 Å². The molecule has 0 bridgehead atoms. The number of allylic oxidation sites excluding steroid dienone is 1. The summed E-state index contributed by atoms with van der Waals surface area (Å²) in [4.78, 5) is 0. The van der Waals surface area contributed by atoms with E-state index in [1.165, 1.54) is 3.78 Å². The van der Waals surface area contributed by atoms with Gasteiger partial charge in [-0.25, -0.2) is 0 Å². The standard InChI is InChI=1S/C4H3S.C3H5.CN.Cu.Li/c1-2-4-5-3-1;1-3-2;1-2;;/h1-3H;3H,1-2H2;;;/q;;-1;;+1. The topological polar surface area (TPSA) is 23.8 Å². The third-order valence-corrected chi connectivity index (χ3v) is 3.00. The molecule has 12 heavy (non-hydrogen) atoms. The molecule has 0 spiro atoms. The van der Waals surface area contributed by atoms with E-state index in [1.807, 2.05) is 21.0 Å². The summed E-state index contributed by atoms with van der Waals surface area (Å²) in [7, 11) is 0. The Hall–Kier alpha value is 0.0469. The second kappa shape index (κ2) is 11.0. The van der Waals surface area contributed by atoms with Crippen molar-refractivity contribution in [1.82, 2.24) is 0 Å². The van der Waals surface area contributed by atoms with Gasteiger partial charge >= 0.3 is 84.4 Å². The molecule has 1 aromatic rings. The van der Waals surface area contributed by atoms with Gasteiger partial charge in [0.15, 0.2) is 0 Å². The molecule has 0 aromatic carbocycles. The smallest absolute Gasteiger partial charge is 0.512 e. The molecule has 0 amide bonds. The Balaban J connectivity index is 0. The van der Waals surface area contributed by atoms with Gasteiger partial charge in [-0.05, 0) is 0 Å². The van der Waals surface area contributed by atoms with Crippen LogP contribution in [0.2, 0.25) is 5.32 Å². The van der Waals surface area contributed by atoms with Crippen LogP contribution in [0.25, 0.3) is 0 Å². The molecular weight excluding hydrogens is 213 g/mol. The first-order valence-electron chi connectivity index (χ1n) is 2.80.